The number of rotatable bonds is 2. The Bertz CT molecular complexity index is 336. The van der Waals surface area contributed by atoms with Crippen LogP contribution < -0.4 is 0 Å². The fraction of sp³-hybridized carbons (Fsp3) is 0. The maximum atomic E-state index is 12.8. The van der Waals surface area contributed by atoms with Crippen molar-refractivity contribution in [2.75, 3.05) is 0 Å². The van der Waals surface area contributed by atoms with Crippen LogP contribution in [0.3, 0.4) is 0 Å². The quantitative estimate of drug-likeness (QED) is 0.443. The largest absolute Gasteiger partial charge is 0.294 e. The van der Waals surface area contributed by atoms with E-state index in [4.69, 9.17) is 0 Å². The van der Waals surface area contributed by atoms with E-state index < -0.39 is 11.6 Å². The molecule has 0 unspecified atom stereocenters. The van der Waals surface area contributed by atoms with Crippen LogP contribution in [-0.4, -0.2) is 12.1 Å². The van der Waals surface area contributed by atoms with Crippen LogP contribution in [0.1, 0.15) is 10.4 Å². The normalized spacial score (nSPS) is 9.50. The zero-order chi connectivity index (χ0) is 9.14. The van der Waals surface area contributed by atoms with Gasteiger partial charge in [0.05, 0.1) is 5.56 Å². The summed E-state index contributed by atoms with van der Waals surface area (Å²) in [5, 5.41) is 0. The van der Waals surface area contributed by atoms with Gasteiger partial charge in [0.1, 0.15) is 5.82 Å². The van der Waals surface area contributed by atoms with Gasteiger partial charge in [-0.25, -0.2) is 4.39 Å². The van der Waals surface area contributed by atoms with Gasteiger partial charge >= 0.3 is 0 Å². The third-order valence-corrected chi connectivity index (χ3v) is 1.79. The number of Topliss-reactive ketones (excluding diaryl/α,β-unsaturated/α-hetero) is 1. The van der Waals surface area contributed by atoms with Gasteiger partial charge in [-0.1, -0.05) is 15.9 Å². The number of benzene rings is 1. The summed E-state index contributed by atoms with van der Waals surface area (Å²) in [6, 6.07) is 3.85. The van der Waals surface area contributed by atoms with Crippen molar-refractivity contribution < 1.29 is 14.0 Å². The molecule has 0 spiro atoms. The highest BCUT2D eigenvalue weighted by molar-refractivity contribution is 9.10. The molecule has 0 amide bonds. The van der Waals surface area contributed by atoms with Crippen molar-refractivity contribution in [1.29, 1.82) is 0 Å². The Kier molecular flexibility index (Phi) is 2.70. The number of ketones is 1. The second-order valence-electron chi connectivity index (χ2n) is 2.11. The minimum absolute atomic E-state index is 0.0881. The molecule has 2 nitrogen and oxygen atoms in total. The van der Waals surface area contributed by atoms with Gasteiger partial charge in [0, 0.05) is 4.47 Å². The lowest BCUT2D eigenvalue weighted by Crippen LogP contribution is -2.02. The minimum atomic E-state index is -0.853. The Morgan fingerprint density at radius 1 is 1.50 bits per heavy atom. The van der Waals surface area contributed by atoms with E-state index in [9.17, 15) is 14.0 Å². The Labute approximate surface area is 76.5 Å². The maximum Gasteiger partial charge on any atom is 0.228 e. The first-order valence-electron chi connectivity index (χ1n) is 3.09. The third-order valence-electron chi connectivity index (χ3n) is 1.30. The van der Waals surface area contributed by atoms with Crippen molar-refractivity contribution in [2.45, 2.75) is 0 Å². The lowest BCUT2D eigenvalue weighted by atomic mass is 10.1. The predicted molar refractivity (Wildman–Crippen MR) is 44.5 cm³/mol. The third kappa shape index (κ3) is 1.76. The highest BCUT2D eigenvalue weighted by atomic mass is 79.9. The fourth-order valence-electron chi connectivity index (χ4n) is 0.750. The average Bonchev–Trinajstić information content (AvgIpc) is 2.08. The molecule has 12 heavy (non-hydrogen) atoms. The summed E-state index contributed by atoms with van der Waals surface area (Å²) < 4.78 is 13.4. The minimum Gasteiger partial charge on any atom is -0.294 e. The summed E-state index contributed by atoms with van der Waals surface area (Å²) in [7, 11) is 0. The highest BCUT2D eigenvalue weighted by Crippen LogP contribution is 2.15. The van der Waals surface area contributed by atoms with E-state index in [0.717, 1.165) is 6.07 Å². The first kappa shape index (κ1) is 9.06. The molecule has 0 saturated heterocycles. The summed E-state index contributed by atoms with van der Waals surface area (Å²) in [6.45, 7) is 0. The van der Waals surface area contributed by atoms with Gasteiger partial charge in [-0.05, 0) is 18.2 Å². The fourth-order valence-corrected chi connectivity index (χ4v) is 1.11. The smallest absolute Gasteiger partial charge is 0.228 e. The van der Waals surface area contributed by atoms with Gasteiger partial charge in [-0.2, -0.15) is 0 Å². The Morgan fingerprint density at radius 2 is 2.17 bits per heavy atom. The predicted octanol–water partition coefficient (Wildman–Crippen LogP) is 1.97. The van der Waals surface area contributed by atoms with Crippen molar-refractivity contribution in [2.24, 2.45) is 0 Å². The molecular weight excluding hydrogens is 227 g/mol. The second-order valence-corrected chi connectivity index (χ2v) is 3.02. The number of hydrogen-bond donors (Lipinski definition) is 0. The standard InChI is InChI=1S/C8H4BrFO2/c9-5-1-2-7(10)6(3-5)8(12)4-11/h1-4H. The summed E-state index contributed by atoms with van der Waals surface area (Å²) in [6.07, 6.45) is 0.0881. The van der Waals surface area contributed by atoms with Crippen molar-refractivity contribution in [3.8, 4) is 0 Å². The molecule has 1 aromatic rings. The zero-order valence-corrected chi connectivity index (χ0v) is 7.47. The van der Waals surface area contributed by atoms with Crippen molar-refractivity contribution in [1.82, 2.24) is 0 Å². The van der Waals surface area contributed by atoms with E-state index in [2.05, 4.69) is 15.9 Å². The molecule has 0 fully saturated rings. The first-order valence-corrected chi connectivity index (χ1v) is 3.89. The van der Waals surface area contributed by atoms with Crippen LogP contribution in [0.5, 0.6) is 0 Å². The summed E-state index contributed by atoms with van der Waals surface area (Å²) in [5.74, 6) is -1.54. The molecule has 4 heteroatoms. The molecule has 0 aromatic heterocycles. The van der Waals surface area contributed by atoms with Crippen LogP contribution in [0.2, 0.25) is 0 Å². The molecule has 0 aliphatic heterocycles. The van der Waals surface area contributed by atoms with Gasteiger partial charge in [0.25, 0.3) is 0 Å². The van der Waals surface area contributed by atoms with Crippen LogP contribution in [0.4, 0.5) is 4.39 Å². The van der Waals surface area contributed by atoms with E-state index in [1.807, 2.05) is 0 Å². The SMILES string of the molecule is O=CC(=O)c1cc(Br)ccc1F. The lowest BCUT2D eigenvalue weighted by Gasteiger charge is -1.96. The number of aldehydes is 1. The first-order chi connectivity index (χ1) is 5.65. The monoisotopic (exact) mass is 230 g/mol. The molecule has 0 aliphatic rings. The Hall–Kier alpha value is -1.03. The van der Waals surface area contributed by atoms with Crippen LogP contribution in [0.15, 0.2) is 22.7 Å². The molecule has 0 N–H and O–H groups in total. The molecule has 1 rings (SSSR count). The molecule has 0 aliphatic carbocycles. The molecule has 0 saturated carbocycles. The van der Waals surface area contributed by atoms with E-state index in [1.165, 1.54) is 12.1 Å². The van der Waals surface area contributed by atoms with E-state index in [1.54, 1.807) is 0 Å². The number of carbonyl (C=O) groups excluding carboxylic acids is 2. The second kappa shape index (κ2) is 3.58. The molecule has 0 bridgehead atoms. The van der Waals surface area contributed by atoms with Crippen LogP contribution in [0, 0.1) is 5.82 Å². The molecule has 0 heterocycles. The summed E-state index contributed by atoms with van der Waals surface area (Å²) in [4.78, 5) is 20.8. The van der Waals surface area contributed by atoms with Gasteiger partial charge in [-0.15, -0.1) is 0 Å². The van der Waals surface area contributed by atoms with Gasteiger partial charge in [-0.3, -0.25) is 9.59 Å². The number of halogens is 2. The lowest BCUT2D eigenvalue weighted by molar-refractivity contribution is -0.104. The topological polar surface area (TPSA) is 34.1 Å². The summed E-state index contributed by atoms with van der Waals surface area (Å²) in [5.41, 5.74) is -0.209. The molecule has 62 valence electrons. The van der Waals surface area contributed by atoms with Crippen LogP contribution in [-0.2, 0) is 4.79 Å². The molecule has 0 radical (unpaired) electrons. The summed E-state index contributed by atoms with van der Waals surface area (Å²) >= 11 is 3.06. The zero-order valence-electron chi connectivity index (χ0n) is 5.88. The maximum absolute atomic E-state index is 12.8. The Morgan fingerprint density at radius 3 is 2.75 bits per heavy atom. The Balaban J connectivity index is 3.22. The average molecular weight is 231 g/mol. The molecular formula is C8H4BrFO2. The van der Waals surface area contributed by atoms with E-state index in [-0.39, 0.29) is 11.8 Å². The molecule has 0 atom stereocenters. The van der Waals surface area contributed by atoms with Crippen molar-refractivity contribution >= 4 is 28.0 Å². The number of hydrogen-bond acceptors (Lipinski definition) is 2. The van der Waals surface area contributed by atoms with Crippen LogP contribution in [0.25, 0.3) is 0 Å². The molecule has 1 aromatic carbocycles. The number of carbonyl (C=O) groups is 2. The van der Waals surface area contributed by atoms with E-state index in [0.29, 0.717) is 4.47 Å². The van der Waals surface area contributed by atoms with Gasteiger partial charge < -0.3 is 0 Å². The van der Waals surface area contributed by atoms with Crippen LogP contribution >= 0.6 is 15.9 Å². The van der Waals surface area contributed by atoms with Crippen molar-refractivity contribution in [3.05, 3.63) is 34.1 Å². The van der Waals surface area contributed by atoms with Crippen molar-refractivity contribution in [3.63, 3.8) is 0 Å². The van der Waals surface area contributed by atoms with E-state index >= 15 is 0 Å². The van der Waals surface area contributed by atoms with Gasteiger partial charge in [0.15, 0.2) is 6.29 Å². The highest BCUT2D eigenvalue weighted by Gasteiger charge is 2.10. The van der Waals surface area contributed by atoms with Gasteiger partial charge in [0.2, 0.25) is 5.78 Å².